The first-order valence-corrected chi connectivity index (χ1v) is 10.1. The summed E-state index contributed by atoms with van der Waals surface area (Å²) in [5.41, 5.74) is 2.46. The summed E-state index contributed by atoms with van der Waals surface area (Å²) in [6, 6.07) is 22.5. The number of fused-ring (bicyclic) bond motifs is 1. The Bertz CT molecular complexity index is 1170. The second-order valence-corrected chi connectivity index (χ2v) is 7.54. The van der Waals surface area contributed by atoms with Gasteiger partial charge >= 0.3 is 0 Å². The molecule has 4 aromatic rings. The topological polar surface area (TPSA) is 44.1 Å². The summed E-state index contributed by atoms with van der Waals surface area (Å²) in [6.07, 6.45) is 0. The van der Waals surface area contributed by atoms with E-state index in [4.69, 9.17) is 21.3 Å². The Labute approximate surface area is 171 Å². The Morgan fingerprint density at radius 3 is 2.43 bits per heavy atom. The second kappa shape index (κ2) is 8.09. The zero-order valence-corrected chi connectivity index (χ0v) is 16.7. The Kier molecular flexibility index (Phi) is 5.37. The Morgan fingerprint density at radius 2 is 1.71 bits per heavy atom. The molecule has 6 heteroatoms. The number of ether oxygens (including phenoxy) is 1. The minimum atomic E-state index is -0.0925. The summed E-state index contributed by atoms with van der Waals surface area (Å²) in [5, 5.41) is 1.85. The van der Waals surface area contributed by atoms with Crippen LogP contribution in [-0.4, -0.2) is 16.7 Å². The fourth-order valence-corrected chi connectivity index (χ4v) is 3.99. The third-order valence-electron chi connectivity index (χ3n) is 4.36. The molecule has 4 rings (SSSR count). The van der Waals surface area contributed by atoms with E-state index >= 15 is 0 Å². The Balaban J connectivity index is 1.77. The smallest absolute Gasteiger partial charge is 0.266 e. The molecule has 0 saturated carbocycles. The van der Waals surface area contributed by atoms with Crippen LogP contribution >= 0.6 is 23.4 Å². The Morgan fingerprint density at radius 1 is 1.00 bits per heavy atom. The van der Waals surface area contributed by atoms with Crippen LogP contribution in [0.2, 0.25) is 5.02 Å². The van der Waals surface area contributed by atoms with Crippen LogP contribution in [0.5, 0.6) is 5.75 Å². The molecule has 0 aliphatic rings. The van der Waals surface area contributed by atoms with Gasteiger partial charge in [0.05, 0.1) is 23.7 Å². The minimum absolute atomic E-state index is 0.0925. The molecule has 0 N–H and O–H groups in total. The van der Waals surface area contributed by atoms with Gasteiger partial charge < -0.3 is 4.74 Å². The third kappa shape index (κ3) is 3.77. The zero-order chi connectivity index (χ0) is 19.5. The van der Waals surface area contributed by atoms with Gasteiger partial charge in [0, 0.05) is 10.8 Å². The predicted molar refractivity (Wildman–Crippen MR) is 115 cm³/mol. The molecule has 0 atom stereocenters. The van der Waals surface area contributed by atoms with E-state index in [0.717, 1.165) is 17.0 Å². The first-order chi connectivity index (χ1) is 13.7. The van der Waals surface area contributed by atoms with E-state index in [9.17, 15) is 4.79 Å². The molecule has 0 amide bonds. The number of hydrogen-bond donors (Lipinski definition) is 0. The summed E-state index contributed by atoms with van der Waals surface area (Å²) in [4.78, 5) is 17.9. The summed E-state index contributed by atoms with van der Waals surface area (Å²) in [7, 11) is 1.65. The number of rotatable bonds is 5. The van der Waals surface area contributed by atoms with Crippen molar-refractivity contribution in [3.63, 3.8) is 0 Å². The van der Waals surface area contributed by atoms with E-state index in [2.05, 4.69) is 0 Å². The fourth-order valence-electron chi connectivity index (χ4n) is 2.90. The van der Waals surface area contributed by atoms with Crippen molar-refractivity contribution in [3.05, 3.63) is 93.7 Å². The summed E-state index contributed by atoms with van der Waals surface area (Å²) < 4.78 is 6.85. The molecule has 0 spiro atoms. The van der Waals surface area contributed by atoms with Crippen molar-refractivity contribution >= 4 is 34.3 Å². The largest absolute Gasteiger partial charge is 0.497 e. The Hall–Kier alpha value is -2.76. The van der Waals surface area contributed by atoms with Crippen molar-refractivity contribution < 1.29 is 4.74 Å². The van der Waals surface area contributed by atoms with Gasteiger partial charge in [-0.3, -0.25) is 9.36 Å². The summed E-state index contributed by atoms with van der Waals surface area (Å²) in [6.45, 7) is 0. The van der Waals surface area contributed by atoms with Crippen LogP contribution in [0.25, 0.3) is 16.6 Å². The van der Waals surface area contributed by atoms with E-state index in [1.807, 2.05) is 54.6 Å². The number of para-hydroxylation sites is 1. The monoisotopic (exact) mass is 408 g/mol. The molecule has 1 heterocycles. The normalized spacial score (nSPS) is 10.9. The molecule has 0 bridgehead atoms. The minimum Gasteiger partial charge on any atom is -0.497 e. The maximum Gasteiger partial charge on any atom is 0.266 e. The molecule has 1 aromatic heterocycles. The number of halogens is 1. The average molecular weight is 409 g/mol. The highest BCUT2D eigenvalue weighted by molar-refractivity contribution is 7.98. The predicted octanol–water partition coefficient (Wildman–Crippen LogP) is 5.34. The summed E-state index contributed by atoms with van der Waals surface area (Å²) >= 11 is 7.54. The van der Waals surface area contributed by atoms with Crippen LogP contribution in [0.3, 0.4) is 0 Å². The van der Waals surface area contributed by atoms with Gasteiger partial charge in [0.25, 0.3) is 5.56 Å². The highest BCUT2D eigenvalue weighted by Gasteiger charge is 2.13. The highest BCUT2D eigenvalue weighted by atomic mass is 35.5. The first-order valence-electron chi connectivity index (χ1n) is 8.69. The molecular weight excluding hydrogens is 392 g/mol. The van der Waals surface area contributed by atoms with Crippen LogP contribution in [0.15, 0.2) is 82.7 Å². The van der Waals surface area contributed by atoms with Gasteiger partial charge in [-0.05, 0) is 54.1 Å². The van der Waals surface area contributed by atoms with Gasteiger partial charge in [0.15, 0.2) is 5.16 Å². The number of methoxy groups -OCH3 is 1. The van der Waals surface area contributed by atoms with Gasteiger partial charge in [-0.25, -0.2) is 4.98 Å². The molecule has 0 saturated heterocycles. The van der Waals surface area contributed by atoms with E-state index < -0.39 is 0 Å². The molecule has 0 aliphatic carbocycles. The lowest BCUT2D eigenvalue weighted by Gasteiger charge is -2.13. The van der Waals surface area contributed by atoms with E-state index in [1.165, 1.54) is 11.8 Å². The first kappa shape index (κ1) is 18.6. The van der Waals surface area contributed by atoms with Crippen molar-refractivity contribution in [2.75, 3.05) is 7.11 Å². The molecule has 0 aliphatic heterocycles. The molecule has 3 aromatic carbocycles. The van der Waals surface area contributed by atoms with Gasteiger partial charge in [-0.2, -0.15) is 0 Å². The maximum atomic E-state index is 13.2. The van der Waals surface area contributed by atoms with Gasteiger partial charge in [0.2, 0.25) is 0 Å². The highest BCUT2D eigenvalue weighted by Crippen LogP contribution is 2.26. The van der Waals surface area contributed by atoms with Crippen molar-refractivity contribution in [2.45, 2.75) is 10.9 Å². The average Bonchev–Trinajstić information content (AvgIpc) is 2.74. The molecule has 140 valence electrons. The number of thioether (sulfide) groups is 1. The van der Waals surface area contributed by atoms with Crippen LogP contribution in [-0.2, 0) is 5.75 Å². The SMILES string of the molecule is COc1ccc(CSc2nc3ccccc3c(=O)n2-c2ccc(Cl)cc2)cc1. The lowest BCUT2D eigenvalue weighted by molar-refractivity contribution is 0.414. The number of benzene rings is 3. The maximum absolute atomic E-state index is 13.2. The molecule has 28 heavy (non-hydrogen) atoms. The lowest BCUT2D eigenvalue weighted by atomic mass is 10.2. The summed E-state index contributed by atoms with van der Waals surface area (Å²) in [5.74, 6) is 1.50. The van der Waals surface area contributed by atoms with Crippen LogP contribution in [0, 0.1) is 0 Å². The van der Waals surface area contributed by atoms with Crippen molar-refractivity contribution in [1.29, 1.82) is 0 Å². The third-order valence-corrected chi connectivity index (χ3v) is 5.62. The quantitative estimate of drug-likeness (QED) is 0.330. The fraction of sp³-hybridized carbons (Fsp3) is 0.0909. The zero-order valence-electron chi connectivity index (χ0n) is 15.1. The van der Waals surface area contributed by atoms with Crippen molar-refractivity contribution in [3.8, 4) is 11.4 Å². The molecule has 0 unspecified atom stereocenters. The van der Waals surface area contributed by atoms with E-state index in [-0.39, 0.29) is 5.56 Å². The van der Waals surface area contributed by atoms with Crippen molar-refractivity contribution in [1.82, 2.24) is 9.55 Å². The molecular formula is C22H17ClN2O2S. The molecule has 0 fully saturated rings. The van der Waals surface area contributed by atoms with Crippen LogP contribution in [0.4, 0.5) is 0 Å². The lowest BCUT2D eigenvalue weighted by Crippen LogP contribution is -2.21. The van der Waals surface area contributed by atoms with Gasteiger partial charge in [0.1, 0.15) is 5.75 Å². The van der Waals surface area contributed by atoms with E-state index in [0.29, 0.717) is 26.8 Å². The number of aromatic nitrogens is 2. The van der Waals surface area contributed by atoms with Crippen LogP contribution < -0.4 is 10.3 Å². The van der Waals surface area contributed by atoms with Crippen molar-refractivity contribution in [2.24, 2.45) is 0 Å². The standard InChI is InChI=1S/C22H17ClN2O2S/c1-27-18-12-6-15(7-13-18)14-28-22-24-20-5-3-2-4-19(20)21(26)25(22)17-10-8-16(23)9-11-17/h2-13H,14H2,1H3. The van der Waals surface area contributed by atoms with E-state index in [1.54, 1.807) is 29.9 Å². The second-order valence-electron chi connectivity index (χ2n) is 6.17. The molecule has 4 nitrogen and oxygen atoms in total. The molecule has 0 radical (unpaired) electrons. The van der Waals surface area contributed by atoms with Gasteiger partial charge in [-0.1, -0.05) is 47.6 Å². The number of hydrogen-bond acceptors (Lipinski definition) is 4. The van der Waals surface area contributed by atoms with Crippen LogP contribution in [0.1, 0.15) is 5.56 Å². The van der Waals surface area contributed by atoms with Gasteiger partial charge in [-0.15, -0.1) is 0 Å². The number of nitrogens with zero attached hydrogens (tertiary/aromatic N) is 2.